The molecule has 1 aliphatic rings. The number of hydrogen-bond acceptors (Lipinski definition) is 4. The number of hydrogen-bond donors (Lipinski definition) is 0. The quantitative estimate of drug-likeness (QED) is 0.546. The fourth-order valence-corrected chi connectivity index (χ4v) is 3.97. The van der Waals surface area contributed by atoms with Gasteiger partial charge in [-0.25, -0.2) is 9.97 Å². The van der Waals surface area contributed by atoms with Gasteiger partial charge in [0.25, 0.3) is 0 Å². The average Bonchev–Trinajstić information content (AvgIpc) is 3.21. The van der Waals surface area contributed by atoms with Crippen molar-refractivity contribution >= 4 is 11.3 Å². The Bertz CT molecular complexity index is 1150. The fourth-order valence-electron chi connectivity index (χ4n) is 3.97. The SMILES string of the molecule is CCc1ccc(-c2c(-c3nc(C)n4ccnc(N5CCC5)c34)cnn2C)cc1. The second-order valence-electron chi connectivity index (χ2n) is 7.40. The smallest absolute Gasteiger partial charge is 0.155 e. The first-order valence-corrected chi connectivity index (χ1v) is 9.87. The van der Waals surface area contributed by atoms with Gasteiger partial charge in [-0.1, -0.05) is 31.2 Å². The molecule has 3 aromatic heterocycles. The molecule has 4 aromatic rings. The second kappa shape index (κ2) is 6.48. The van der Waals surface area contributed by atoms with Crippen molar-refractivity contribution in [3.8, 4) is 22.5 Å². The standard InChI is InChI=1S/C22H24N6/c1-4-16-6-8-17(9-7-16)20-18(14-24-26(20)3)19-21-22(27-11-5-12-27)23-10-13-28(21)15(2)25-19/h6-10,13-14H,4-5,11-12H2,1-3H3. The van der Waals surface area contributed by atoms with E-state index in [1.54, 1.807) is 0 Å². The van der Waals surface area contributed by atoms with E-state index in [0.29, 0.717) is 0 Å². The van der Waals surface area contributed by atoms with Gasteiger partial charge in [-0.3, -0.25) is 9.08 Å². The maximum Gasteiger partial charge on any atom is 0.155 e. The fraction of sp³-hybridized carbons (Fsp3) is 0.318. The van der Waals surface area contributed by atoms with Gasteiger partial charge in [-0.2, -0.15) is 5.10 Å². The average molecular weight is 372 g/mol. The number of aryl methyl sites for hydroxylation is 3. The first kappa shape index (κ1) is 17.0. The molecule has 0 radical (unpaired) electrons. The molecule has 0 saturated carbocycles. The molecule has 0 spiro atoms. The normalized spacial score (nSPS) is 13.9. The summed E-state index contributed by atoms with van der Waals surface area (Å²) in [6, 6.07) is 8.74. The van der Waals surface area contributed by atoms with Crippen molar-refractivity contribution in [2.45, 2.75) is 26.7 Å². The van der Waals surface area contributed by atoms with E-state index < -0.39 is 0 Å². The van der Waals surface area contributed by atoms with E-state index in [2.05, 4.69) is 45.6 Å². The Morgan fingerprint density at radius 1 is 1.11 bits per heavy atom. The van der Waals surface area contributed by atoms with Gasteiger partial charge < -0.3 is 4.90 Å². The minimum atomic E-state index is 0.954. The van der Waals surface area contributed by atoms with Crippen LogP contribution in [0.5, 0.6) is 0 Å². The molecule has 1 fully saturated rings. The van der Waals surface area contributed by atoms with Crippen LogP contribution >= 0.6 is 0 Å². The van der Waals surface area contributed by atoms with Crippen LogP contribution in [0.4, 0.5) is 5.82 Å². The molecule has 1 aromatic carbocycles. The van der Waals surface area contributed by atoms with Gasteiger partial charge in [-0.15, -0.1) is 0 Å². The van der Waals surface area contributed by atoms with Crippen molar-refractivity contribution in [1.82, 2.24) is 24.1 Å². The number of anilines is 1. The molecule has 0 amide bonds. The molecule has 6 nitrogen and oxygen atoms in total. The minimum Gasteiger partial charge on any atom is -0.355 e. The van der Waals surface area contributed by atoms with Crippen LogP contribution < -0.4 is 4.90 Å². The van der Waals surface area contributed by atoms with E-state index in [9.17, 15) is 0 Å². The molecule has 0 unspecified atom stereocenters. The predicted molar refractivity (Wildman–Crippen MR) is 112 cm³/mol. The summed E-state index contributed by atoms with van der Waals surface area (Å²) in [6.07, 6.45) is 8.04. The Balaban J connectivity index is 1.73. The summed E-state index contributed by atoms with van der Waals surface area (Å²) in [6.45, 7) is 6.32. The summed E-state index contributed by atoms with van der Waals surface area (Å²) in [5.74, 6) is 1.98. The highest BCUT2D eigenvalue weighted by atomic mass is 15.3. The summed E-state index contributed by atoms with van der Waals surface area (Å²) in [5.41, 5.74) is 6.64. The minimum absolute atomic E-state index is 0.954. The Morgan fingerprint density at radius 2 is 1.89 bits per heavy atom. The van der Waals surface area contributed by atoms with Gasteiger partial charge in [0.15, 0.2) is 5.82 Å². The lowest BCUT2D eigenvalue weighted by Crippen LogP contribution is -2.37. The summed E-state index contributed by atoms with van der Waals surface area (Å²) >= 11 is 0. The van der Waals surface area contributed by atoms with Crippen LogP contribution in [-0.2, 0) is 13.5 Å². The van der Waals surface area contributed by atoms with E-state index >= 15 is 0 Å². The van der Waals surface area contributed by atoms with Crippen LogP contribution in [0.1, 0.15) is 24.7 Å². The topological polar surface area (TPSA) is 51.2 Å². The Hall–Kier alpha value is -3.15. The summed E-state index contributed by atoms with van der Waals surface area (Å²) in [4.78, 5) is 12.0. The largest absolute Gasteiger partial charge is 0.355 e. The van der Waals surface area contributed by atoms with Crippen molar-refractivity contribution in [3.63, 3.8) is 0 Å². The zero-order chi connectivity index (χ0) is 19.3. The van der Waals surface area contributed by atoms with Crippen molar-refractivity contribution in [2.24, 2.45) is 7.05 Å². The number of fused-ring (bicyclic) bond motifs is 1. The first-order valence-electron chi connectivity index (χ1n) is 9.87. The molecule has 142 valence electrons. The number of imidazole rings is 1. The molecule has 0 bridgehead atoms. The highest BCUT2D eigenvalue weighted by molar-refractivity contribution is 5.92. The molecule has 6 heteroatoms. The maximum atomic E-state index is 4.94. The van der Waals surface area contributed by atoms with E-state index in [4.69, 9.17) is 9.97 Å². The molecule has 1 aliphatic heterocycles. The lowest BCUT2D eigenvalue weighted by Gasteiger charge is -2.32. The molecule has 1 saturated heterocycles. The van der Waals surface area contributed by atoms with Crippen molar-refractivity contribution in [3.05, 3.63) is 54.2 Å². The molecule has 28 heavy (non-hydrogen) atoms. The zero-order valence-electron chi connectivity index (χ0n) is 16.6. The van der Waals surface area contributed by atoms with Crippen molar-refractivity contribution in [1.29, 1.82) is 0 Å². The highest BCUT2D eigenvalue weighted by Gasteiger charge is 2.25. The van der Waals surface area contributed by atoms with Crippen molar-refractivity contribution < 1.29 is 0 Å². The third kappa shape index (κ3) is 2.52. The van der Waals surface area contributed by atoms with Gasteiger partial charge in [0, 0.05) is 43.7 Å². The van der Waals surface area contributed by atoms with Gasteiger partial charge in [0.1, 0.15) is 17.0 Å². The third-order valence-corrected chi connectivity index (χ3v) is 5.70. The summed E-state index contributed by atoms with van der Waals surface area (Å²) in [5, 5.41) is 4.57. The number of benzene rings is 1. The molecule has 0 N–H and O–H groups in total. The van der Waals surface area contributed by atoms with Gasteiger partial charge in [-0.05, 0) is 25.3 Å². The molecule has 0 atom stereocenters. The van der Waals surface area contributed by atoms with Gasteiger partial charge in [0.2, 0.25) is 0 Å². The third-order valence-electron chi connectivity index (χ3n) is 5.70. The molecule has 4 heterocycles. The van der Waals surface area contributed by atoms with Crippen LogP contribution in [0, 0.1) is 6.92 Å². The van der Waals surface area contributed by atoms with Crippen LogP contribution in [-0.4, -0.2) is 37.2 Å². The zero-order valence-corrected chi connectivity index (χ0v) is 16.6. The van der Waals surface area contributed by atoms with Crippen LogP contribution in [0.3, 0.4) is 0 Å². The molecule has 0 aliphatic carbocycles. The van der Waals surface area contributed by atoms with Crippen molar-refractivity contribution in [2.75, 3.05) is 18.0 Å². The van der Waals surface area contributed by atoms with E-state index in [0.717, 1.165) is 59.2 Å². The van der Waals surface area contributed by atoms with Gasteiger partial charge >= 0.3 is 0 Å². The Labute approximate surface area is 164 Å². The molecule has 5 rings (SSSR count). The summed E-state index contributed by atoms with van der Waals surface area (Å²) in [7, 11) is 1.99. The maximum absolute atomic E-state index is 4.94. The molecular formula is C22H24N6. The first-order chi connectivity index (χ1) is 13.7. The van der Waals surface area contributed by atoms with E-state index in [1.807, 2.05) is 37.2 Å². The Kier molecular flexibility index (Phi) is 3.93. The van der Waals surface area contributed by atoms with E-state index in [1.165, 1.54) is 12.0 Å². The molecular weight excluding hydrogens is 348 g/mol. The number of rotatable bonds is 4. The lowest BCUT2D eigenvalue weighted by molar-refractivity contribution is 0.610. The number of nitrogens with zero attached hydrogens (tertiary/aromatic N) is 6. The Morgan fingerprint density at radius 3 is 2.57 bits per heavy atom. The monoisotopic (exact) mass is 372 g/mol. The second-order valence-corrected chi connectivity index (χ2v) is 7.40. The van der Waals surface area contributed by atoms with E-state index in [-0.39, 0.29) is 0 Å². The lowest BCUT2D eigenvalue weighted by atomic mass is 10.0. The highest BCUT2D eigenvalue weighted by Crippen LogP contribution is 2.37. The predicted octanol–water partition coefficient (Wildman–Crippen LogP) is 3.88. The van der Waals surface area contributed by atoms with Crippen LogP contribution in [0.15, 0.2) is 42.9 Å². The number of aromatic nitrogens is 5. The van der Waals surface area contributed by atoms with Crippen LogP contribution in [0.25, 0.3) is 28.0 Å². The van der Waals surface area contributed by atoms with Gasteiger partial charge in [0.05, 0.1) is 11.9 Å². The summed E-state index contributed by atoms with van der Waals surface area (Å²) < 4.78 is 4.09. The van der Waals surface area contributed by atoms with Crippen LogP contribution in [0.2, 0.25) is 0 Å².